The molecule has 0 aliphatic heterocycles. The second-order valence-corrected chi connectivity index (χ2v) is 8.11. The molecule has 0 saturated carbocycles. The predicted molar refractivity (Wildman–Crippen MR) is 138 cm³/mol. The van der Waals surface area contributed by atoms with E-state index in [1.54, 1.807) is 19.2 Å². The van der Waals surface area contributed by atoms with E-state index in [1.165, 1.54) is 14.0 Å². The monoisotopic (exact) mass is 494 g/mol. The summed E-state index contributed by atoms with van der Waals surface area (Å²) in [5.41, 5.74) is 3.25. The van der Waals surface area contributed by atoms with Crippen LogP contribution in [0.1, 0.15) is 25.5 Å². The van der Waals surface area contributed by atoms with Gasteiger partial charge in [0.2, 0.25) is 6.41 Å². The Balaban J connectivity index is 0.000000225. The van der Waals surface area contributed by atoms with Crippen LogP contribution in [0.25, 0.3) is 10.9 Å². The number of fused-ring (bicyclic) bond motifs is 1. The quantitative estimate of drug-likeness (QED) is 0.364. The van der Waals surface area contributed by atoms with Crippen LogP contribution in [0.3, 0.4) is 0 Å². The first-order valence-corrected chi connectivity index (χ1v) is 11.3. The highest BCUT2D eigenvalue weighted by atomic mass is 35.5. The van der Waals surface area contributed by atoms with Crippen molar-refractivity contribution in [2.45, 2.75) is 26.7 Å². The third-order valence-corrected chi connectivity index (χ3v) is 5.58. The number of anilines is 2. The fourth-order valence-electron chi connectivity index (χ4n) is 3.46. The highest BCUT2D eigenvalue weighted by Crippen LogP contribution is 2.29. The van der Waals surface area contributed by atoms with Crippen LogP contribution in [0, 0.1) is 6.92 Å². The molecule has 0 unspecified atom stereocenters. The van der Waals surface area contributed by atoms with Gasteiger partial charge in [0.1, 0.15) is 5.82 Å². The molecule has 2 aromatic heterocycles. The summed E-state index contributed by atoms with van der Waals surface area (Å²) in [7, 11) is 3.48. The van der Waals surface area contributed by atoms with Gasteiger partial charge in [-0.2, -0.15) is 0 Å². The number of esters is 1. The van der Waals surface area contributed by atoms with Crippen molar-refractivity contribution in [3.63, 3.8) is 0 Å². The SMILES string of the molecule is CN(C1=C(Cl)CCC=C1)c1ccc2cc(NC=O)ccc2n1.COc1ccnc(C)c1OC(C)=O. The third-order valence-electron chi connectivity index (χ3n) is 5.20. The van der Waals surface area contributed by atoms with Gasteiger partial charge >= 0.3 is 5.97 Å². The topological polar surface area (TPSA) is 93.7 Å². The van der Waals surface area contributed by atoms with E-state index in [0.29, 0.717) is 23.6 Å². The minimum atomic E-state index is -0.380. The number of aromatic nitrogens is 2. The summed E-state index contributed by atoms with van der Waals surface area (Å²) in [5.74, 6) is 1.36. The number of allylic oxidation sites excluding steroid dienone is 3. The van der Waals surface area contributed by atoms with Crippen molar-refractivity contribution in [3.05, 3.63) is 71.2 Å². The average molecular weight is 495 g/mol. The van der Waals surface area contributed by atoms with Crippen molar-refractivity contribution in [1.29, 1.82) is 0 Å². The van der Waals surface area contributed by atoms with E-state index < -0.39 is 0 Å². The maximum absolute atomic E-state index is 10.7. The molecule has 0 fully saturated rings. The Kier molecular flexibility index (Phi) is 8.80. The predicted octanol–water partition coefficient (Wildman–Crippen LogP) is 5.36. The number of aryl methyl sites for hydroxylation is 1. The lowest BCUT2D eigenvalue weighted by Crippen LogP contribution is -2.18. The van der Waals surface area contributed by atoms with Crippen molar-refractivity contribution in [1.82, 2.24) is 9.97 Å². The van der Waals surface area contributed by atoms with Crippen LogP contribution >= 0.6 is 11.6 Å². The number of hydrogen-bond donors (Lipinski definition) is 1. The summed E-state index contributed by atoms with van der Waals surface area (Å²) in [6, 6.07) is 11.2. The number of likely N-dealkylation sites (N-methyl/N-ethyl adjacent to an activating group) is 1. The van der Waals surface area contributed by atoms with E-state index in [4.69, 9.17) is 21.1 Å². The number of ether oxygens (including phenoxy) is 2. The Bertz CT molecular complexity index is 1290. The number of halogens is 1. The summed E-state index contributed by atoms with van der Waals surface area (Å²) >= 11 is 6.32. The molecule has 3 aromatic rings. The van der Waals surface area contributed by atoms with Crippen LogP contribution < -0.4 is 19.7 Å². The van der Waals surface area contributed by atoms with Gasteiger partial charge in [-0.05, 0) is 56.2 Å². The van der Waals surface area contributed by atoms with Crippen molar-refractivity contribution < 1.29 is 19.1 Å². The lowest BCUT2D eigenvalue weighted by molar-refractivity contribution is -0.132. The number of methoxy groups -OCH3 is 1. The maximum Gasteiger partial charge on any atom is 0.308 e. The molecule has 0 radical (unpaired) electrons. The first-order valence-electron chi connectivity index (χ1n) is 10.9. The number of carbonyl (C=O) groups is 2. The van der Waals surface area contributed by atoms with Gasteiger partial charge in [-0.1, -0.05) is 17.7 Å². The zero-order chi connectivity index (χ0) is 25.4. The van der Waals surface area contributed by atoms with E-state index in [-0.39, 0.29) is 5.97 Å². The van der Waals surface area contributed by atoms with E-state index in [0.717, 1.165) is 46.0 Å². The summed E-state index contributed by atoms with van der Waals surface area (Å²) in [5, 5.41) is 4.48. The molecule has 1 amide bonds. The molecule has 1 aliphatic carbocycles. The number of amides is 1. The molecule has 0 bridgehead atoms. The normalized spacial score (nSPS) is 12.5. The minimum Gasteiger partial charge on any atom is -0.493 e. The maximum atomic E-state index is 10.7. The number of nitrogens with zero attached hydrogens (tertiary/aromatic N) is 3. The first kappa shape index (κ1) is 25.7. The summed E-state index contributed by atoms with van der Waals surface area (Å²) in [6.07, 6.45) is 8.27. The number of carbonyl (C=O) groups excluding carboxylic acids is 2. The smallest absolute Gasteiger partial charge is 0.308 e. The van der Waals surface area contributed by atoms with E-state index in [9.17, 15) is 9.59 Å². The van der Waals surface area contributed by atoms with Gasteiger partial charge in [0.15, 0.2) is 11.5 Å². The zero-order valence-electron chi connectivity index (χ0n) is 20.0. The van der Waals surface area contributed by atoms with Crippen molar-refractivity contribution in [2.75, 3.05) is 24.4 Å². The standard InChI is InChI=1S/C17H16ClN3O.C9H11NO3/c1-21(16-5-3-2-4-14(16)18)17-9-6-12-10-13(19-11-22)7-8-15(12)20-17;1-6-9(13-7(2)11)8(12-3)4-5-10-6/h3,5-11H,2,4H2,1H3,(H,19,22);4-5H,1-3H3. The van der Waals surface area contributed by atoms with Gasteiger partial charge in [0.25, 0.3) is 0 Å². The minimum absolute atomic E-state index is 0.380. The highest BCUT2D eigenvalue weighted by Gasteiger charge is 2.14. The van der Waals surface area contributed by atoms with Gasteiger partial charge in [0.05, 0.1) is 24.0 Å². The van der Waals surface area contributed by atoms with Gasteiger partial charge in [-0.15, -0.1) is 0 Å². The molecular weight excluding hydrogens is 468 g/mol. The number of benzene rings is 1. The lowest BCUT2D eigenvalue weighted by atomic mass is 10.1. The Labute approximate surface area is 209 Å². The molecule has 1 N–H and O–H groups in total. The molecule has 1 aliphatic rings. The molecule has 0 atom stereocenters. The van der Waals surface area contributed by atoms with Gasteiger partial charge < -0.3 is 19.7 Å². The summed E-state index contributed by atoms with van der Waals surface area (Å²) in [6.45, 7) is 3.09. The van der Waals surface area contributed by atoms with Crippen LogP contribution in [0.2, 0.25) is 0 Å². The second kappa shape index (κ2) is 12.0. The number of nitrogens with one attached hydrogen (secondary N) is 1. The molecule has 0 saturated heterocycles. The molecule has 182 valence electrons. The Morgan fingerprint density at radius 2 is 2.03 bits per heavy atom. The highest BCUT2D eigenvalue weighted by molar-refractivity contribution is 6.30. The van der Waals surface area contributed by atoms with E-state index >= 15 is 0 Å². The first-order chi connectivity index (χ1) is 16.8. The van der Waals surface area contributed by atoms with Crippen molar-refractivity contribution in [2.24, 2.45) is 0 Å². The fraction of sp³-hybridized carbons (Fsp3) is 0.231. The van der Waals surface area contributed by atoms with E-state index in [2.05, 4.69) is 21.4 Å². The molecule has 8 nitrogen and oxygen atoms in total. The Morgan fingerprint density at radius 1 is 1.23 bits per heavy atom. The largest absolute Gasteiger partial charge is 0.493 e. The molecule has 1 aromatic carbocycles. The second-order valence-electron chi connectivity index (χ2n) is 7.65. The zero-order valence-corrected chi connectivity index (χ0v) is 20.8. The Morgan fingerprint density at radius 3 is 2.71 bits per heavy atom. The Hall–Kier alpha value is -3.91. The van der Waals surface area contributed by atoms with Crippen LogP contribution in [0.4, 0.5) is 11.5 Å². The lowest BCUT2D eigenvalue weighted by Gasteiger charge is -2.23. The van der Waals surface area contributed by atoms with Gasteiger partial charge in [-0.25, -0.2) is 4.98 Å². The van der Waals surface area contributed by atoms with Crippen LogP contribution in [-0.2, 0) is 9.59 Å². The summed E-state index contributed by atoms with van der Waals surface area (Å²) < 4.78 is 9.95. The number of rotatable bonds is 6. The van der Waals surface area contributed by atoms with E-state index in [1.807, 2.05) is 48.4 Å². The third kappa shape index (κ3) is 6.58. The fourth-order valence-corrected chi connectivity index (χ4v) is 3.76. The van der Waals surface area contributed by atoms with Crippen LogP contribution in [-0.4, -0.2) is 36.5 Å². The van der Waals surface area contributed by atoms with Crippen LogP contribution in [0.15, 0.2) is 65.5 Å². The number of pyridine rings is 2. The molecular formula is C26H27ClN4O4. The molecule has 4 rings (SSSR count). The molecule has 0 spiro atoms. The van der Waals surface area contributed by atoms with Gasteiger partial charge in [0, 0.05) is 42.3 Å². The molecule has 35 heavy (non-hydrogen) atoms. The van der Waals surface area contributed by atoms with Crippen molar-refractivity contribution in [3.8, 4) is 11.5 Å². The number of hydrogen-bond acceptors (Lipinski definition) is 7. The summed E-state index contributed by atoms with van der Waals surface area (Å²) in [4.78, 5) is 31.9. The average Bonchev–Trinajstić information content (AvgIpc) is 2.85. The van der Waals surface area contributed by atoms with Crippen molar-refractivity contribution >= 4 is 46.4 Å². The molecule has 9 heteroatoms. The van der Waals surface area contributed by atoms with Crippen LogP contribution in [0.5, 0.6) is 11.5 Å². The molecule has 2 heterocycles. The van der Waals surface area contributed by atoms with Gasteiger partial charge in [-0.3, -0.25) is 14.6 Å².